The van der Waals surface area contributed by atoms with Crippen LogP contribution in [0.25, 0.3) is 0 Å². The Labute approximate surface area is 117 Å². The Kier molecular flexibility index (Phi) is 3.44. The molecular weight excluding hydrogens is 256 g/mol. The molecule has 1 amide bonds. The molecule has 1 fully saturated rings. The molecule has 2 heterocycles. The highest BCUT2D eigenvalue weighted by Gasteiger charge is 2.25. The Balaban J connectivity index is 1.78. The number of hydrogen-bond acceptors (Lipinski definition) is 4. The number of nitrogens with one attached hydrogen (secondary N) is 1. The van der Waals surface area contributed by atoms with Crippen LogP contribution in [0.1, 0.15) is 23.2 Å². The van der Waals surface area contributed by atoms with E-state index in [9.17, 15) is 9.59 Å². The van der Waals surface area contributed by atoms with Gasteiger partial charge in [0.15, 0.2) is 12.4 Å². The molecule has 5 heteroatoms. The second-order valence-corrected chi connectivity index (χ2v) is 5.49. The number of carbonyl (C=O) groups is 2. The van der Waals surface area contributed by atoms with Crippen molar-refractivity contribution in [3.8, 4) is 5.75 Å². The van der Waals surface area contributed by atoms with Crippen molar-refractivity contribution >= 4 is 17.4 Å². The zero-order valence-corrected chi connectivity index (χ0v) is 11.5. The lowest BCUT2D eigenvalue weighted by atomic mass is 9.89. The molecule has 0 radical (unpaired) electrons. The molecule has 0 aromatic heterocycles. The van der Waals surface area contributed by atoms with Crippen LogP contribution in [-0.2, 0) is 4.79 Å². The molecule has 1 N–H and O–H groups in total. The molecule has 2 aliphatic heterocycles. The maximum Gasteiger partial charge on any atom is 0.262 e. The molecule has 0 saturated carbocycles. The highest BCUT2D eigenvalue weighted by Crippen LogP contribution is 2.30. The SMILES string of the molecule is CN1CCC(C(=O)c2ccc3c(c2)NC(=O)CO3)CC1. The number of piperidine rings is 1. The minimum Gasteiger partial charge on any atom is -0.482 e. The maximum atomic E-state index is 12.5. The van der Waals surface area contributed by atoms with Crippen molar-refractivity contribution in [2.24, 2.45) is 5.92 Å². The third kappa shape index (κ3) is 2.54. The van der Waals surface area contributed by atoms with Crippen LogP contribution in [0.2, 0.25) is 0 Å². The van der Waals surface area contributed by atoms with Gasteiger partial charge < -0.3 is 15.0 Å². The lowest BCUT2D eigenvalue weighted by molar-refractivity contribution is -0.118. The van der Waals surface area contributed by atoms with Gasteiger partial charge >= 0.3 is 0 Å². The van der Waals surface area contributed by atoms with Gasteiger partial charge in [0.25, 0.3) is 5.91 Å². The van der Waals surface area contributed by atoms with Crippen molar-refractivity contribution in [1.82, 2.24) is 4.90 Å². The van der Waals surface area contributed by atoms with Gasteiger partial charge in [-0.05, 0) is 51.2 Å². The Morgan fingerprint density at radius 2 is 2.10 bits per heavy atom. The van der Waals surface area contributed by atoms with Crippen molar-refractivity contribution in [2.45, 2.75) is 12.8 Å². The zero-order valence-electron chi connectivity index (χ0n) is 11.5. The molecular formula is C15H18N2O3. The summed E-state index contributed by atoms with van der Waals surface area (Å²) < 4.78 is 5.30. The second kappa shape index (κ2) is 5.25. The van der Waals surface area contributed by atoms with Gasteiger partial charge in [0.05, 0.1) is 5.69 Å². The molecule has 106 valence electrons. The van der Waals surface area contributed by atoms with E-state index in [1.54, 1.807) is 18.2 Å². The van der Waals surface area contributed by atoms with Crippen LogP contribution in [0.15, 0.2) is 18.2 Å². The third-order valence-electron chi connectivity index (χ3n) is 3.99. The highest BCUT2D eigenvalue weighted by atomic mass is 16.5. The summed E-state index contributed by atoms with van der Waals surface area (Å²) in [6.07, 6.45) is 1.80. The molecule has 1 saturated heterocycles. The standard InChI is InChI=1S/C15H18N2O3/c1-17-6-4-10(5-7-17)15(19)11-2-3-13-12(8-11)16-14(18)9-20-13/h2-3,8,10H,4-7,9H2,1H3,(H,16,18). The zero-order chi connectivity index (χ0) is 14.1. The van der Waals surface area contributed by atoms with E-state index >= 15 is 0 Å². The number of carbonyl (C=O) groups excluding carboxylic acids is 2. The number of likely N-dealkylation sites (tertiary alicyclic amines) is 1. The van der Waals surface area contributed by atoms with Crippen molar-refractivity contribution in [1.29, 1.82) is 0 Å². The Bertz CT molecular complexity index is 548. The van der Waals surface area contributed by atoms with E-state index in [1.165, 1.54) is 0 Å². The second-order valence-electron chi connectivity index (χ2n) is 5.49. The largest absolute Gasteiger partial charge is 0.482 e. The summed E-state index contributed by atoms with van der Waals surface area (Å²) in [5.41, 5.74) is 1.25. The number of fused-ring (bicyclic) bond motifs is 1. The first kappa shape index (κ1) is 13.1. The third-order valence-corrected chi connectivity index (χ3v) is 3.99. The van der Waals surface area contributed by atoms with Gasteiger partial charge in [0.2, 0.25) is 0 Å². The number of amides is 1. The number of hydrogen-bond donors (Lipinski definition) is 1. The summed E-state index contributed by atoms with van der Waals surface area (Å²) in [6, 6.07) is 5.28. The van der Waals surface area contributed by atoms with Gasteiger partial charge in [-0.25, -0.2) is 0 Å². The molecule has 0 spiro atoms. The Morgan fingerprint density at radius 1 is 1.35 bits per heavy atom. The van der Waals surface area contributed by atoms with E-state index in [2.05, 4.69) is 17.3 Å². The number of ketones is 1. The van der Waals surface area contributed by atoms with Crippen LogP contribution < -0.4 is 10.1 Å². The van der Waals surface area contributed by atoms with Gasteiger partial charge in [0, 0.05) is 11.5 Å². The first-order valence-corrected chi connectivity index (χ1v) is 6.93. The monoisotopic (exact) mass is 274 g/mol. The summed E-state index contributed by atoms with van der Waals surface area (Å²) in [5.74, 6) is 0.705. The van der Waals surface area contributed by atoms with Gasteiger partial charge in [-0.15, -0.1) is 0 Å². The van der Waals surface area contributed by atoms with Crippen LogP contribution in [0.5, 0.6) is 5.75 Å². The van der Waals surface area contributed by atoms with E-state index < -0.39 is 0 Å². The molecule has 1 aromatic rings. The quantitative estimate of drug-likeness (QED) is 0.831. The number of rotatable bonds is 2. The molecule has 0 atom stereocenters. The average molecular weight is 274 g/mol. The molecule has 0 aliphatic carbocycles. The van der Waals surface area contributed by atoms with E-state index in [1.807, 2.05) is 0 Å². The van der Waals surface area contributed by atoms with Gasteiger partial charge in [-0.2, -0.15) is 0 Å². The summed E-state index contributed by atoms with van der Waals surface area (Å²) in [6.45, 7) is 1.96. The fraction of sp³-hybridized carbons (Fsp3) is 0.467. The van der Waals surface area contributed by atoms with E-state index in [-0.39, 0.29) is 24.2 Å². The number of nitrogens with zero attached hydrogens (tertiary/aromatic N) is 1. The summed E-state index contributed by atoms with van der Waals surface area (Å²) >= 11 is 0. The molecule has 5 nitrogen and oxygen atoms in total. The number of anilines is 1. The summed E-state index contributed by atoms with van der Waals surface area (Å²) in [7, 11) is 2.08. The van der Waals surface area contributed by atoms with Crippen molar-refractivity contribution in [3.63, 3.8) is 0 Å². The molecule has 0 unspecified atom stereocenters. The topological polar surface area (TPSA) is 58.6 Å². The Morgan fingerprint density at radius 3 is 2.85 bits per heavy atom. The first-order valence-electron chi connectivity index (χ1n) is 6.93. The molecule has 0 bridgehead atoms. The van der Waals surface area contributed by atoms with Gasteiger partial charge in [0.1, 0.15) is 5.75 Å². The maximum absolute atomic E-state index is 12.5. The van der Waals surface area contributed by atoms with E-state index in [4.69, 9.17) is 4.74 Å². The first-order chi connectivity index (χ1) is 9.63. The van der Waals surface area contributed by atoms with Crippen LogP contribution in [0.3, 0.4) is 0 Å². The lowest BCUT2D eigenvalue weighted by Crippen LogP contribution is -2.33. The van der Waals surface area contributed by atoms with Gasteiger partial charge in [-0.1, -0.05) is 0 Å². The van der Waals surface area contributed by atoms with Crippen LogP contribution in [0, 0.1) is 5.92 Å². The molecule has 3 rings (SSSR count). The number of benzene rings is 1. The minimum absolute atomic E-state index is 0.0370. The summed E-state index contributed by atoms with van der Waals surface area (Å²) in [5, 5.41) is 2.74. The lowest BCUT2D eigenvalue weighted by Gasteiger charge is -2.28. The van der Waals surface area contributed by atoms with Crippen LogP contribution >= 0.6 is 0 Å². The smallest absolute Gasteiger partial charge is 0.262 e. The van der Waals surface area contributed by atoms with E-state index in [0.29, 0.717) is 17.0 Å². The average Bonchev–Trinajstić information content (AvgIpc) is 2.46. The fourth-order valence-corrected chi connectivity index (χ4v) is 2.74. The van der Waals surface area contributed by atoms with Crippen molar-refractivity contribution in [2.75, 3.05) is 32.1 Å². The normalized spacial score (nSPS) is 19.9. The fourth-order valence-electron chi connectivity index (χ4n) is 2.74. The predicted molar refractivity (Wildman–Crippen MR) is 75.1 cm³/mol. The molecule has 2 aliphatic rings. The van der Waals surface area contributed by atoms with Crippen LogP contribution in [-0.4, -0.2) is 43.3 Å². The van der Waals surface area contributed by atoms with E-state index in [0.717, 1.165) is 25.9 Å². The molecule has 20 heavy (non-hydrogen) atoms. The Hall–Kier alpha value is -1.88. The van der Waals surface area contributed by atoms with Crippen molar-refractivity contribution < 1.29 is 14.3 Å². The number of Topliss-reactive ketones (excluding diaryl/α,β-unsaturated/α-hetero) is 1. The van der Waals surface area contributed by atoms with Crippen LogP contribution in [0.4, 0.5) is 5.69 Å². The summed E-state index contributed by atoms with van der Waals surface area (Å²) in [4.78, 5) is 26.1. The van der Waals surface area contributed by atoms with Gasteiger partial charge in [-0.3, -0.25) is 9.59 Å². The number of ether oxygens (including phenoxy) is 1. The highest BCUT2D eigenvalue weighted by molar-refractivity contribution is 6.01. The predicted octanol–water partition coefficient (Wildman–Crippen LogP) is 1.54. The molecule has 1 aromatic carbocycles. The van der Waals surface area contributed by atoms with Crippen molar-refractivity contribution in [3.05, 3.63) is 23.8 Å². The minimum atomic E-state index is -0.179.